The second kappa shape index (κ2) is 9.12. The fourth-order valence-corrected chi connectivity index (χ4v) is 3.84. The molecule has 7 nitrogen and oxygen atoms in total. The quantitative estimate of drug-likeness (QED) is 0.506. The summed E-state index contributed by atoms with van der Waals surface area (Å²) in [6, 6.07) is 13.8. The Kier molecular flexibility index (Phi) is 5.72. The Balaban J connectivity index is 1.49. The molecule has 4 heterocycles. The number of anilines is 2. The zero-order valence-electron chi connectivity index (χ0n) is 17.8. The highest BCUT2D eigenvalue weighted by Gasteiger charge is 2.26. The van der Waals surface area contributed by atoms with Crippen LogP contribution in [0.5, 0.6) is 0 Å². The zero-order valence-corrected chi connectivity index (χ0v) is 17.8. The summed E-state index contributed by atoms with van der Waals surface area (Å²) in [5.74, 6) is 0.653. The summed E-state index contributed by atoms with van der Waals surface area (Å²) < 4.78 is 14.4. The van der Waals surface area contributed by atoms with Gasteiger partial charge in [-0.2, -0.15) is 0 Å². The molecule has 4 aromatic rings. The molecule has 0 fully saturated rings. The van der Waals surface area contributed by atoms with Crippen molar-refractivity contribution in [2.75, 3.05) is 11.9 Å². The van der Waals surface area contributed by atoms with Gasteiger partial charge in [0.05, 0.1) is 24.3 Å². The molecule has 1 aliphatic rings. The predicted molar refractivity (Wildman–Crippen MR) is 122 cm³/mol. The number of nitrogens with zero attached hydrogens (tertiary/aromatic N) is 5. The summed E-state index contributed by atoms with van der Waals surface area (Å²) >= 11 is 0. The molecule has 0 unspecified atom stereocenters. The van der Waals surface area contributed by atoms with Crippen molar-refractivity contribution in [3.05, 3.63) is 96.0 Å². The second-order valence-electron chi connectivity index (χ2n) is 7.77. The molecule has 0 bridgehead atoms. The van der Waals surface area contributed by atoms with Crippen LogP contribution in [0.15, 0.2) is 73.3 Å². The lowest BCUT2D eigenvalue weighted by Gasteiger charge is -2.30. The number of para-hydroxylation sites is 1. The standard InChI is InChI=1S/C25H21FN6O/c26-20-5-1-2-6-22(20)30-25-19-16-32(23(33)14-17-4-3-10-28-15-17)13-9-21(19)29-24(31-25)18-7-11-27-12-8-18/h1-8,10-12,15H,9,13-14,16H2,(H,29,30,31). The highest BCUT2D eigenvalue weighted by molar-refractivity contribution is 5.79. The summed E-state index contributed by atoms with van der Waals surface area (Å²) in [4.78, 5) is 32.4. The summed E-state index contributed by atoms with van der Waals surface area (Å²) in [7, 11) is 0. The van der Waals surface area contributed by atoms with Crippen molar-refractivity contribution in [1.29, 1.82) is 0 Å². The van der Waals surface area contributed by atoms with Gasteiger partial charge in [-0.1, -0.05) is 18.2 Å². The fourth-order valence-electron chi connectivity index (χ4n) is 3.84. The Hall–Kier alpha value is -4.20. The number of hydrogen-bond donors (Lipinski definition) is 1. The van der Waals surface area contributed by atoms with Gasteiger partial charge >= 0.3 is 0 Å². The van der Waals surface area contributed by atoms with Gasteiger partial charge in [0.25, 0.3) is 0 Å². The fraction of sp³-hybridized carbons (Fsp3) is 0.160. The smallest absolute Gasteiger partial charge is 0.227 e. The maximum Gasteiger partial charge on any atom is 0.227 e. The molecule has 0 radical (unpaired) electrons. The summed E-state index contributed by atoms with van der Waals surface area (Å²) in [6.07, 6.45) is 7.60. The lowest BCUT2D eigenvalue weighted by atomic mass is 10.0. The third-order valence-corrected chi connectivity index (χ3v) is 5.56. The number of aromatic nitrogens is 4. The topological polar surface area (TPSA) is 83.9 Å². The number of amides is 1. The molecule has 0 saturated carbocycles. The molecule has 33 heavy (non-hydrogen) atoms. The number of benzene rings is 1. The van der Waals surface area contributed by atoms with Crippen LogP contribution in [0.25, 0.3) is 11.4 Å². The Morgan fingerprint density at radius 2 is 1.85 bits per heavy atom. The van der Waals surface area contributed by atoms with Gasteiger partial charge in [0.15, 0.2) is 5.82 Å². The summed E-state index contributed by atoms with van der Waals surface area (Å²) in [6.45, 7) is 0.903. The largest absolute Gasteiger partial charge is 0.337 e. The Bertz CT molecular complexity index is 1280. The third kappa shape index (κ3) is 4.55. The molecule has 0 saturated heterocycles. The second-order valence-corrected chi connectivity index (χ2v) is 7.77. The molecule has 164 valence electrons. The van der Waals surface area contributed by atoms with Crippen molar-refractivity contribution in [1.82, 2.24) is 24.8 Å². The molecule has 1 aromatic carbocycles. The van der Waals surface area contributed by atoms with Crippen molar-refractivity contribution in [3.8, 4) is 11.4 Å². The molecular weight excluding hydrogens is 419 g/mol. The van der Waals surface area contributed by atoms with Gasteiger partial charge in [-0.3, -0.25) is 14.8 Å². The molecule has 1 amide bonds. The van der Waals surface area contributed by atoms with E-state index in [1.807, 2.05) is 24.3 Å². The lowest BCUT2D eigenvalue weighted by Crippen LogP contribution is -2.38. The molecule has 0 atom stereocenters. The van der Waals surface area contributed by atoms with E-state index >= 15 is 0 Å². The predicted octanol–water partition coefficient (Wildman–Crippen LogP) is 3.94. The van der Waals surface area contributed by atoms with E-state index < -0.39 is 0 Å². The lowest BCUT2D eigenvalue weighted by molar-refractivity contribution is -0.131. The first-order valence-corrected chi connectivity index (χ1v) is 10.7. The van der Waals surface area contributed by atoms with Crippen LogP contribution in [-0.2, 0) is 24.2 Å². The monoisotopic (exact) mass is 440 g/mol. The van der Waals surface area contributed by atoms with E-state index in [4.69, 9.17) is 9.97 Å². The average Bonchev–Trinajstić information content (AvgIpc) is 2.86. The summed E-state index contributed by atoms with van der Waals surface area (Å²) in [5.41, 5.74) is 3.64. The Morgan fingerprint density at radius 3 is 2.64 bits per heavy atom. The van der Waals surface area contributed by atoms with Crippen LogP contribution < -0.4 is 5.32 Å². The number of rotatable bonds is 5. The van der Waals surface area contributed by atoms with Gasteiger partial charge in [0.2, 0.25) is 5.91 Å². The number of carbonyl (C=O) groups excluding carboxylic acids is 1. The number of fused-ring (bicyclic) bond motifs is 1. The minimum Gasteiger partial charge on any atom is -0.337 e. The van der Waals surface area contributed by atoms with Crippen LogP contribution in [0.4, 0.5) is 15.9 Å². The van der Waals surface area contributed by atoms with Crippen molar-refractivity contribution in [2.45, 2.75) is 19.4 Å². The van der Waals surface area contributed by atoms with Crippen LogP contribution in [0.2, 0.25) is 0 Å². The van der Waals surface area contributed by atoms with Crippen molar-refractivity contribution in [3.63, 3.8) is 0 Å². The first-order chi connectivity index (χ1) is 16.2. The van der Waals surface area contributed by atoms with Gasteiger partial charge < -0.3 is 10.2 Å². The van der Waals surface area contributed by atoms with E-state index in [9.17, 15) is 9.18 Å². The van der Waals surface area contributed by atoms with Crippen molar-refractivity contribution < 1.29 is 9.18 Å². The molecule has 8 heteroatoms. The van der Waals surface area contributed by atoms with E-state index in [0.29, 0.717) is 36.8 Å². The minimum atomic E-state index is -0.379. The number of carbonyl (C=O) groups is 1. The van der Waals surface area contributed by atoms with E-state index in [-0.39, 0.29) is 18.1 Å². The normalized spacial score (nSPS) is 12.8. The van der Waals surface area contributed by atoms with Crippen LogP contribution in [0.1, 0.15) is 16.8 Å². The van der Waals surface area contributed by atoms with Crippen LogP contribution in [-0.4, -0.2) is 37.3 Å². The van der Waals surface area contributed by atoms with E-state index in [2.05, 4.69) is 15.3 Å². The maximum atomic E-state index is 14.4. The molecule has 0 spiro atoms. The van der Waals surface area contributed by atoms with E-state index in [1.54, 1.807) is 47.9 Å². The van der Waals surface area contributed by atoms with Gasteiger partial charge in [0, 0.05) is 48.9 Å². The number of nitrogens with one attached hydrogen (secondary N) is 1. The molecular formula is C25H21FN6O. The molecule has 0 aliphatic carbocycles. The maximum absolute atomic E-state index is 14.4. The zero-order chi connectivity index (χ0) is 22.6. The van der Waals surface area contributed by atoms with E-state index in [0.717, 1.165) is 22.4 Å². The molecule has 5 rings (SSSR count). The van der Waals surface area contributed by atoms with E-state index in [1.165, 1.54) is 6.07 Å². The molecule has 3 aromatic heterocycles. The van der Waals surface area contributed by atoms with Gasteiger partial charge in [-0.05, 0) is 35.9 Å². The SMILES string of the molecule is O=C(Cc1cccnc1)N1CCc2nc(-c3ccncc3)nc(Nc3ccccc3F)c2C1. The van der Waals surface area contributed by atoms with Gasteiger partial charge in [-0.25, -0.2) is 14.4 Å². The average molecular weight is 440 g/mol. The molecule has 1 N–H and O–H groups in total. The van der Waals surface area contributed by atoms with Crippen molar-refractivity contribution >= 4 is 17.4 Å². The molecule has 1 aliphatic heterocycles. The van der Waals surface area contributed by atoms with Crippen LogP contribution in [0, 0.1) is 5.82 Å². The highest BCUT2D eigenvalue weighted by Crippen LogP contribution is 2.30. The highest BCUT2D eigenvalue weighted by atomic mass is 19.1. The Labute approximate surface area is 190 Å². The number of pyridine rings is 2. The number of halogens is 1. The van der Waals surface area contributed by atoms with Crippen LogP contribution in [0.3, 0.4) is 0 Å². The summed E-state index contributed by atoms with van der Waals surface area (Å²) in [5, 5.41) is 3.13. The van der Waals surface area contributed by atoms with Gasteiger partial charge in [-0.15, -0.1) is 0 Å². The number of hydrogen-bond acceptors (Lipinski definition) is 6. The minimum absolute atomic E-state index is 0.00343. The Morgan fingerprint density at radius 1 is 1.00 bits per heavy atom. The van der Waals surface area contributed by atoms with Crippen LogP contribution >= 0.6 is 0 Å². The van der Waals surface area contributed by atoms with Gasteiger partial charge in [0.1, 0.15) is 11.6 Å². The first kappa shape index (κ1) is 20.7. The third-order valence-electron chi connectivity index (χ3n) is 5.56. The first-order valence-electron chi connectivity index (χ1n) is 10.7. The van der Waals surface area contributed by atoms with Crippen molar-refractivity contribution in [2.24, 2.45) is 0 Å².